The van der Waals surface area contributed by atoms with Gasteiger partial charge in [-0.2, -0.15) is 0 Å². The predicted octanol–water partition coefficient (Wildman–Crippen LogP) is 5.55. The first-order valence-corrected chi connectivity index (χ1v) is 6.74. The Morgan fingerprint density at radius 2 is 1.59 bits per heavy atom. The van der Waals surface area contributed by atoms with E-state index in [2.05, 4.69) is 0 Å². The van der Waals surface area contributed by atoms with Crippen molar-refractivity contribution in [2.75, 3.05) is 0 Å². The number of rotatable bonds is 1. The zero-order valence-electron chi connectivity index (χ0n) is 8.43. The summed E-state index contributed by atoms with van der Waals surface area (Å²) >= 11 is 30.6. The molecule has 0 radical (unpaired) electrons. The molecule has 0 spiro atoms. The first-order valence-electron chi connectivity index (χ1n) is 4.79. The Hall–Kier alpha value is 0.150. The van der Waals surface area contributed by atoms with Gasteiger partial charge in [0.25, 0.3) is 0 Å². The summed E-state index contributed by atoms with van der Waals surface area (Å²) < 4.78 is -1.35. The fraction of sp³-hybridized carbons (Fsp3) is 0.167. The largest absolute Gasteiger partial charge is 0.173 e. The Labute approximate surface area is 125 Å². The zero-order valence-corrected chi connectivity index (χ0v) is 12.2. The Morgan fingerprint density at radius 3 is 2.18 bits per heavy atom. The summed E-state index contributed by atoms with van der Waals surface area (Å²) in [6.45, 7) is 0. The van der Waals surface area contributed by atoms with Gasteiger partial charge in [-0.15, -0.1) is 11.6 Å². The molecule has 0 bridgehead atoms. The van der Waals surface area contributed by atoms with Crippen LogP contribution in [0.1, 0.15) is 5.56 Å². The molecule has 0 fully saturated rings. The van der Waals surface area contributed by atoms with Crippen LogP contribution in [0.2, 0.25) is 0 Å². The van der Waals surface area contributed by atoms with Gasteiger partial charge in [-0.05, 0) is 17.2 Å². The quantitative estimate of drug-likeness (QED) is 0.593. The summed E-state index contributed by atoms with van der Waals surface area (Å²) in [5.41, 5.74) is 1.56. The van der Waals surface area contributed by atoms with Gasteiger partial charge in [0.1, 0.15) is 0 Å². The van der Waals surface area contributed by atoms with Crippen molar-refractivity contribution >= 4 is 63.6 Å². The van der Waals surface area contributed by atoms with Crippen LogP contribution in [0, 0.1) is 0 Å². The van der Waals surface area contributed by atoms with Gasteiger partial charge in [-0.1, -0.05) is 76.7 Å². The van der Waals surface area contributed by atoms with Crippen LogP contribution in [0.25, 0.3) is 5.57 Å². The summed E-state index contributed by atoms with van der Waals surface area (Å²) in [6, 6.07) is 9.47. The van der Waals surface area contributed by atoms with Gasteiger partial charge in [0.2, 0.25) is 0 Å². The molecule has 2 rings (SSSR count). The Morgan fingerprint density at radius 1 is 1.00 bits per heavy atom. The van der Waals surface area contributed by atoms with E-state index in [0.29, 0.717) is 10.6 Å². The summed E-state index contributed by atoms with van der Waals surface area (Å²) in [6.07, 6.45) is 1.53. The summed E-state index contributed by atoms with van der Waals surface area (Å²) in [5.74, 6) is 0. The van der Waals surface area contributed by atoms with E-state index in [4.69, 9.17) is 58.0 Å². The van der Waals surface area contributed by atoms with Crippen molar-refractivity contribution in [3.63, 3.8) is 0 Å². The van der Waals surface area contributed by atoms with Crippen molar-refractivity contribution in [1.29, 1.82) is 0 Å². The average Bonchev–Trinajstić information content (AvgIpc) is 2.28. The van der Waals surface area contributed by atoms with Gasteiger partial charge in [-0.25, -0.2) is 0 Å². The normalized spacial score (nSPS) is 23.6. The van der Waals surface area contributed by atoms with Crippen molar-refractivity contribution in [3.05, 3.63) is 52.0 Å². The summed E-state index contributed by atoms with van der Waals surface area (Å²) in [5, 5.41) is -0.0122. The molecule has 1 atom stereocenters. The van der Waals surface area contributed by atoms with Crippen molar-refractivity contribution in [2.45, 2.75) is 9.71 Å². The molecule has 1 aliphatic carbocycles. The van der Waals surface area contributed by atoms with Gasteiger partial charge < -0.3 is 0 Å². The Kier molecular flexibility index (Phi) is 4.02. The highest BCUT2D eigenvalue weighted by Crippen LogP contribution is 2.49. The minimum absolute atomic E-state index is 0.227. The lowest BCUT2D eigenvalue weighted by molar-refractivity contribution is 0.964. The highest BCUT2D eigenvalue weighted by molar-refractivity contribution is 6.61. The van der Waals surface area contributed by atoms with Crippen LogP contribution < -0.4 is 0 Å². The zero-order chi connectivity index (χ0) is 12.6. The molecule has 0 N–H and O–H groups in total. The van der Waals surface area contributed by atoms with Crippen LogP contribution in [-0.2, 0) is 0 Å². The van der Waals surface area contributed by atoms with E-state index in [1.54, 1.807) is 0 Å². The minimum Gasteiger partial charge on any atom is -0.114 e. The maximum Gasteiger partial charge on any atom is 0.173 e. The second-order valence-corrected chi connectivity index (χ2v) is 6.24. The van der Waals surface area contributed by atoms with Crippen molar-refractivity contribution in [2.24, 2.45) is 0 Å². The molecule has 90 valence electrons. The standard InChI is InChI=1S/C12H7Cl5/c13-8-6-9(14)12(16,17)11(15)10(8)7-4-2-1-3-5-7/h1-6,11H. The molecular formula is C12H7Cl5. The third-order valence-electron chi connectivity index (χ3n) is 2.49. The van der Waals surface area contributed by atoms with Crippen LogP contribution in [0.15, 0.2) is 46.5 Å². The smallest absolute Gasteiger partial charge is 0.114 e. The van der Waals surface area contributed by atoms with Crippen LogP contribution in [0.3, 0.4) is 0 Å². The molecule has 0 nitrogen and oxygen atoms in total. The molecule has 0 aromatic heterocycles. The lowest BCUT2D eigenvalue weighted by atomic mass is 9.96. The van der Waals surface area contributed by atoms with Gasteiger partial charge in [0.15, 0.2) is 4.33 Å². The van der Waals surface area contributed by atoms with Gasteiger partial charge >= 0.3 is 0 Å². The highest BCUT2D eigenvalue weighted by atomic mass is 35.5. The number of allylic oxidation sites excluding steroid dienone is 4. The topological polar surface area (TPSA) is 0 Å². The molecule has 5 heteroatoms. The molecule has 0 saturated heterocycles. The number of halogens is 5. The second-order valence-electron chi connectivity index (χ2n) is 3.61. The number of hydrogen-bond donors (Lipinski definition) is 0. The molecule has 0 saturated carbocycles. The van der Waals surface area contributed by atoms with Crippen LogP contribution in [0.4, 0.5) is 0 Å². The van der Waals surface area contributed by atoms with Gasteiger partial charge in [-0.3, -0.25) is 0 Å². The maximum atomic E-state index is 6.27. The van der Waals surface area contributed by atoms with Gasteiger partial charge in [0, 0.05) is 5.03 Å². The van der Waals surface area contributed by atoms with E-state index in [-0.39, 0.29) is 5.03 Å². The Balaban J connectivity index is 2.57. The molecular weight excluding hydrogens is 321 g/mol. The Bertz CT molecular complexity index is 487. The van der Waals surface area contributed by atoms with Crippen LogP contribution in [-0.4, -0.2) is 9.71 Å². The highest BCUT2D eigenvalue weighted by Gasteiger charge is 2.43. The van der Waals surface area contributed by atoms with Crippen molar-refractivity contribution in [3.8, 4) is 0 Å². The molecule has 17 heavy (non-hydrogen) atoms. The number of hydrogen-bond acceptors (Lipinski definition) is 0. The lowest BCUT2D eigenvalue weighted by Gasteiger charge is -2.31. The molecule has 1 aliphatic rings. The fourth-order valence-electron chi connectivity index (χ4n) is 1.61. The minimum atomic E-state index is -1.35. The van der Waals surface area contributed by atoms with E-state index in [0.717, 1.165) is 5.56 Å². The SMILES string of the molecule is ClC1=CC(Cl)=C(c2ccccc2)C(Cl)C1(Cl)Cl. The van der Waals surface area contributed by atoms with Crippen molar-refractivity contribution < 1.29 is 0 Å². The third-order valence-corrected chi connectivity index (χ3v) is 5.01. The predicted molar refractivity (Wildman–Crippen MR) is 77.2 cm³/mol. The molecule has 1 aromatic carbocycles. The second kappa shape index (κ2) is 5.03. The van der Waals surface area contributed by atoms with Crippen LogP contribution in [0.5, 0.6) is 0 Å². The van der Waals surface area contributed by atoms with Crippen LogP contribution >= 0.6 is 58.0 Å². The van der Waals surface area contributed by atoms with Gasteiger partial charge in [0.05, 0.1) is 10.4 Å². The van der Waals surface area contributed by atoms with E-state index < -0.39 is 9.71 Å². The van der Waals surface area contributed by atoms with E-state index in [9.17, 15) is 0 Å². The monoisotopic (exact) mass is 326 g/mol. The average molecular weight is 328 g/mol. The first-order chi connectivity index (χ1) is 7.94. The summed E-state index contributed by atoms with van der Waals surface area (Å²) in [4.78, 5) is 0. The molecule has 0 amide bonds. The molecule has 1 unspecified atom stereocenters. The summed E-state index contributed by atoms with van der Waals surface area (Å²) in [7, 11) is 0. The van der Waals surface area contributed by atoms with Crippen molar-refractivity contribution in [1.82, 2.24) is 0 Å². The lowest BCUT2D eigenvalue weighted by Crippen LogP contribution is -2.31. The fourth-order valence-corrected chi connectivity index (χ4v) is 3.01. The first kappa shape index (κ1) is 13.6. The maximum absolute atomic E-state index is 6.27. The number of benzene rings is 1. The molecule has 0 aliphatic heterocycles. The van der Waals surface area contributed by atoms with E-state index in [1.165, 1.54) is 6.08 Å². The van der Waals surface area contributed by atoms with E-state index >= 15 is 0 Å². The molecule has 1 aromatic rings. The molecule has 0 heterocycles. The number of alkyl halides is 3. The van der Waals surface area contributed by atoms with E-state index in [1.807, 2.05) is 30.3 Å². The third kappa shape index (κ3) is 2.47.